The summed E-state index contributed by atoms with van der Waals surface area (Å²) >= 11 is 3.32. The van der Waals surface area contributed by atoms with Gasteiger partial charge < -0.3 is 14.8 Å². The molecular weight excluding hydrogens is 424 g/mol. The van der Waals surface area contributed by atoms with Gasteiger partial charge in [0.05, 0.1) is 11.9 Å². The summed E-state index contributed by atoms with van der Waals surface area (Å²) in [5.41, 5.74) is 1.24. The number of rotatable bonds is 6. The van der Waals surface area contributed by atoms with E-state index in [1.807, 2.05) is 6.07 Å². The van der Waals surface area contributed by atoms with Crippen molar-refractivity contribution in [1.29, 1.82) is 0 Å². The minimum absolute atomic E-state index is 0.181. The van der Waals surface area contributed by atoms with E-state index in [-0.39, 0.29) is 19.9 Å². The monoisotopic (exact) mass is 440 g/mol. The number of nitrogens with one attached hydrogen (secondary N) is 1. The molecule has 0 bridgehead atoms. The van der Waals surface area contributed by atoms with Gasteiger partial charge in [-0.25, -0.2) is 8.42 Å². The van der Waals surface area contributed by atoms with Gasteiger partial charge in [-0.2, -0.15) is 0 Å². The summed E-state index contributed by atoms with van der Waals surface area (Å²) in [6, 6.07) is 12.2. The van der Waals surface area contributed by atoms with Crippen LogP contribution in [0, 0.1) is 0 Å². The first-order valence-electron chi connectivity index (χ1n) is 7.72. The molecule has 2 aromatic carbocycles. The number of carbonyl (C=O) groups is 1. The van der Waals surface area contributed by atoms with E-state index >= 15 is 0 Å². The number of hydrogen-bond acceptors (Lipinski definition) is 5. The number of nitrogens with zero attached hydrogens (tertiary/aromatic N) is 1. The minimum atomic E-state index is -3.62. The van der Waals surface area contributed by atoms with E-state index in [2.05, 4.69) is 21.2 Å². The number of hydrogen-bond donors (Lipinski definition) is 1. The minimum Gasteiger partial charge on any atom is -0.454 e. The predicted molar refractivity (Wildman–Crippen MR) is 101 cm³/mol. The normalized spacial score (nSPS) is 12.7. The SMILES string of the molecule is CS(=O)(=O)N(CC(=O)NCc1ccc2c(c1)OCO2)c1ccccc1Br. The Bertz CT molecular complexity index is 933. The van der Waals surface area contributed by atoms with E-state index in [9.17, 15) is 13.2 Å². The molecule has 26 heavy (non-hydrogen) atoms. The number of anilines is 1. The van der Waals surface area contributed by atoms with Crippen LogP contribution in [0.1, 0.15) is 5.56 Å². The van der Waals surface area contributed by atoms with Crippen molar-refractivity contribution in [1.82, 2.24) is 5.32 Å². The average molecular weight is 441 g/mol. The van der Waals surface area contributed by atoms with Crippen LogP contribution in [0.2, 0.25) is 0 Å². The van der Waals surface area contributed by atoms with Crippen LogP contribution in [0.3, 0.4) is 0 Å². The Kier molecular flexibility index (Phi) is 5.38. The zero-order chi connectivity index (χ0) is 18.7. The molecule has 0 saturated heterocycles. The molecule has 1 heterocycles. The molecule has 0 radical (unpaired) electrons. The molecule has 0 atom stereocenters. The summed E-state index contributed by atoms with van der Waals surface area (Å²) in [5, 5.41) is 2.73. The second-order valence-electron chi connectivity index (χ2n) is 5.69. The number of halogens is 1. The second-order valence-corrected chi connectivity index (χ2v) is 8.45. The molecule has 1 aliphatic rings. The summed E-state index contributed by atoms with van der Waals surface area (Å²) in [6.45, 7) is 0.120. The number of para-hydroxylation sites is 1. The fourth-order valence-electron chi connectivity index (χ4n) is 2.47. The van der Waals surface area contributed by atoms with Gasteiger partial charge in [-0.15, -0.1) is 0 Å². The maximum Gasteiger partial charge on any atom is 0.241 e. The molecule has 0 aliphatic carbocycles. The summed E-state index contributed by atoms with van der Waals surface area (Å²) in [7, 11) is -3.62. The summed E-state index contributed by atoms with van der Waals surface area (Å²) < 4.78 is 36.4. The third-order valence-corrected chi connectivity index (χ3v) is 5.53. The molecule has 2 aromatic rings. The highest BCUT2D eigenvalue weighted by molar-refractivity contribution is 9.10. The zero-order valence-electron chi connectivity index (χ0n) is 13.9. The highest BCUT2D eigenvalue weighted by Crippen LogP contribution is 2.32. The van der Waals surface area contributed by atoms with Gasteiger partial charge in [0.2, 0.25) is 22.7 Å². The van der Waals surface area contributed by atoms with Crippen molar-refractivity contribution in [3.63, 3.8) is 0 Å². The Balaban J connectivity index is 1.68. The smallest absolute Gasteiger partial charge is 0.241 e. The summed E-state index contributed by atoms with van der Waals surface area (Å²) in [4.78, 5) is 12.3. The number of carbonyl (C=O) groups excluding carboxylic acids is 1. The molecule has 7 nitrogen and oxygen atoms in total. The molecule has 1 amide bonds. The van der Waals surface area contributed by atoms with Crippen molar-refractivity contribution in [2.75, 3.05) is 23.9 Å². The van der Waals surface area contributed by atoms with Crippen LogP contribution < -0.4 is 19.1 Å². The Labute approximate surface area is 160 Å². The van der Waals surface area contributed by atoms with E-state index in [1.165, 1.54) is 0 Å². The van der Waals surface area contributed by atoms with Crippen LogP contribution in [0.5, 0.6) is 11.5 Å². The molecule has 0 aromatic heterocycles. The number of ether oxygens (including phenoxy) is 2. The lowest BCUT2D eigenvalue weighted by Gasteiger charge is -2.23. The fourth-order valence-corrected chi connectivity index (χ4v) is 3.96. The van der Waals surface area contributed by atoms with Crippen molar-refractivity contribution < 1.29 is 22.7 Å². The molecule has 0 saturated carbocycles. The third kappa shape index (κ3) is 4.28. The molecular formula is C17H17BrN2O5S. The van der Waals surface area contributed by atoms with Gasteiger partial charge in [0.15, 0.2) is 11.5 Å². The van der Waals surface area contributed by atoms with Crippen LogP contribution in [0.4, 0.5) is 5.69 Å². The van der Waals surface area contributed by atoms with Gasteiger partial charge in [-0.3, -0.25) is 9.10 Å². The standard InChI is InChI=1S/C17H17BrN2O5S/c1-26(22,23)20(14-5-3-2-4-13(14)18)10-17(21)19-9-12-6-7-15-16(8-12)25-11-24-15/h2-8H,9-11H2,1H3,(H,19,21). The fraction of sp³-hybridized carbons (Fsp3) is 0.235. The van der Waals surface area contributed by atoms with E-state index in [0.717, 1.165) is 16.1 Å². The van der Waals surface area contributed by atoms with Gasteiger partial charge in [-0.1, -0.05) is 18.2 Å². The maximum absolute atomic E-state index is 12.3. The molecule has 0 spiro atoms. The molecule has 1 N–H and O–H groups in total. The first-order chi connectivity index (χ1) is 12.3. The van der Waals surface area contributed by atoms with Gasteiger partial charge in [0.25, 0.3) is 0 Å². The van der Waals surface area contributed by atoms with Crippen molar-refractivity contribution in [2.45, 2.75) is 6.54 Å². The zero-order valence-corrected chi connectivity index (χ0v) is 16.3. The topological polar surface area (TPSA) is 84.9 Å². The highest BCUT2D eigenvalue weighted by Gasteiger charge is 2.22. The summed E-state index contributed by atoms with van der Waals surface area (Å²) in [5.74, 6) is 0.879. The largest absolute Gasteiger partial charge is 0.454 e. The molecule has 3 rings (SSSR count). The van der Waals surface area contributed by atoms with Crippen LogP contribution in [0.25, 0.3) is 0 Å². The number of fused-ring (bicyclic) bond motifs is 1. The molecule has 1 aliphatic heterocycles. The number of sulfonamides is 1. The average Bonchev–Trinajstić information content (AvgIpc) is 3.05. The Morgan fingerprint density at radius 3 is 2.65 bits per heavy atom. The molecule has 0 unspecified atom stereocenters. The van der Waals surface area contributed by atoms with Crippen molar-refractivity contribution in [3.8, 4) is 11.5 Å². The van der Waals surface area contributed by atoms with Crippen LogP contribution in [0.15, 0.2) is 46.9 Å². The Morgan fingerprint density at radius 2 is 1.92 bits per heavy atom. The van der Waals surface area contributed by atoms with Crippen LogP contribution in [-0.4, -0.2) is 33.9 Å². The van der Waals surface area contributed by atoms with E-state index in [4.69, 9.17) is 9.47 Å². The maximum atomic E-state index is 12.3. The Hall–Kier alpha value is -2.26. The van der Waals surface area contributed by atoms with Gasteiger partial charge >= 0.3 is 0 Å². The van der Waals surface area contributed by atoms with Crippen LogP contribution >= 0.6 is 15.9 Å². The molecule has 0 fully saturated rings. The third-order valence-electron chi connectivity index (χ3n) is 3.74. The van der Waals surface area contributed by atoms with E-state index in [0.29, 0.717) is 21.7 Å². The summed E-state index contributed by atoms with van der Waals surface area (Å²) in [6.07, 6.45) is 1.07. The van der Waals surface area contributed by atoms with Crippen molar-refractivity contribution >= 4 is 37.5 Å². The highest BCUT2D eigenvalue weighted by atomic mass is 79.9. The van der Waals surface area contributed by atoms with Crippen LogP contribution in [-0.2, 0) is 21.4 Å². The van der Waals surface area contributed by atoms with Gasteiger partial charge in [0.1, 0.15) is 6.54 Å². The lowest BCUT2D eigenvalue weighted by Crippen LogP contribution is -2.40. The number of benzene rings is 2. The van der Waals surface area contributed by atoms with E-state index in [1.54, 1.807) is 36.4 Å². The van der Waals surface area contributed by atoms with Crippen molar-refractivity contribution in [2.24, 2.45) is 0 Å². The lowest BCUT2D eigenvalue weighted by atomic mass is 10.2. The molecule has 138 valence electrons. The van der Waals surface area contributed by atoms with Gasteiger partial charge in [-0.05, 0) is 45.8 Å². The quantitative estimate of drug-likeness (QED) is 0.744. The Morgan fingerprint density at radius 1 is 1.19 bits per heavy atom. The number of amides is 1. The lowest BCUT2D eigenvalue weighted by molar-refractivity contribution is -0.119. The van der Waals surface area contributed by atoms with Crippen molar-refractivity contribution in [3.05, 3.63) is 52.5 Å². The predicted octanol–water partition coefficient (Wildman–Crippen LogP) is 2.26. The second kappa shape index (κ2) is 7.55. The first kappa shape index (κ1) is 18.5. The molecule has 9 heteroatoms. The van der Waals surface area contributed by atoms with Gasteiger partial charge in [0, 0.05) is 11.0 Å². The van der Waals surface area contributed by atoms with E-state index < -0.39 is 15.9 Å². The first-order valence-corrected chi connectivity index (χ1v) is 10.4.